The van der Waals surface area contributed by atoms with E-state index in [-0.39, 0.29) is 11.5 Å². The van der Waals surface area contributed by atoms with E-state index in [1.165, 1.54) is 0 Å². The van der Waals surface area contributed by atoms with Gasteiger partial charge in [0.2, 0.25) is 0 Å². The lowest BCUT2D eigenvalue weighted by Gasteiger charge is -2.41. The highest BCUT2D eigenvalue weighted by Gasteiger charge is 2.40. The molecule has 0 radical (unpaired) electrons. The zero-order valence-electron chi connectivity index (χ0n) is 17.5. The number of carboxylic acid groups (broad SMARTS) is 1. The van der Waals surface area contributed by atoms with Crippen LogP contribution in [-0.2, 0) is 4.79 Å². The third kappa shape index (κ3) is 4.36. The van der Waals surface area contributed by atoms with Gasteiger partial charge in [-0.2, -0.15) is 0 Å². The van der Waals surface area contributed by atoms with Crippen molar-refractivity contribution in [1.82, 2.24) is 15.4 Å². The highest BCUT2D eigenvalue weighted by Crippen LogP contribution is 2.33. The van der Waals surface area contributed by atoms with Crippen LogP contribution in [0.15, 0.2) is 22.7 Å². The molecule has 0 spiro atoms. The molecule has 0 bridgehead atoms. The maximum Gasteiger partial charge on any atom is 0.309 e. The van der Waals surface area contributed by atoms with Gasteiger partial charge in [0.15, 0.2) is 11.5 Å². The summed E-state index contributed by atoms with van der Waals surface area (Å²) in [5.41, 5.74) is -0.889. The van der Waals surface area contributed by atoms with Gasteiger partial charge in [-0.15, -0.1) is 0 Å². The summed E-state index contributed by atoms with van der Waals surface area (Å²) in [5, 5.41) is 16.0. The lowest BCUT2D eigenvalue weighted by atomic mass is 9.89. The molecule has 10 heteroatoms. The molecule has 1 amide bonds. The molecule has 4 rings (SSSR count). The summed E-state index contributed by atoms with van der Waals surface area (Å²) >= 11 is 0. The lowest BCUT2D eigenvalue weighted by Crippen LogP contribution is -2.56. The normalized spacial score (nSPS) is 26.2. The number of hydrogen-bond donors (Lipinski definition) is 2. The molecule has 2 fully saturated rings. The molecule has 4 atom stereocenters. The summed E-state index contributed by atoms with van der Waals surface area (Å²) in [7, 11) is 0. The average Bonchev–Trinajstić information content (AvgIpc) is 3.37. The standard InChI is InChI=1S/C22H24F3N3O4/c1-11-3-2-4-18(11)28-6-5-16(13(10-28)22(30)31)26-21(29)17-9-19(32-27-17)20-14(24)7-12(23)8-15(20)25/h7-9,11,13,16,18H,2-6,10H2,1H3,(H,26,29)(H,30,31)/t11-,13-,16-,18+/m1/s1. The number of nitrogens with one attached hydrogen (secondary N) is 1. The van der Waals surface area contributed by atoms with Crippen molar-refractivity contribution in [3.05, 3.63) is 41.3 Å². The van der Waals surface area contributed by atoms with Gasteiger partial charge in [-0.25, -0.2) is 13.2 Å². The molecule has 1 aromatic heterocycles. The Morgan fingerprint density at radius 3 is 2.50 bits per heavy atom. The Morgan fingerprint density at radius 1 is 1.16 bits per heavy atom. The molecule has 1 aliphatic carbocycles. The molecule has 0 unspecified atom stereocenters. The Kier molecular flexibility index (Phi) is 6.23. The monoisotopic (exact) mass is 451 g/mol. The maximum absolute atomic E-state index is 14.0. The molecule has 1 saturated carbocycles. The first-order valence-corrected chi connectivity index (χ1v) is 10.6. The molecular formula is C22H24F3N3O4. The van der Waals surface area contributed by atoms with Gasteiger partial charge in [-0.3, -0.25) is 14.5 Å². The number of hydrogen-bond acceptors (Lipinski definition) is 5. The summed E-state index contributed by atoms with van der Waals surface area (Å²) in [6.45, 7) is 3.18. The number of piperidine rings is 1. The van der Waals surface area contributed by atoms with Crippen LogP contribution in [0.1, 0.15) is 43.1 Å². The zero-order valence-corrected chi connectivity index (χ0v) is 17.5. The van der Waals surface area contributed by atoms with E-state index in [4.69, 9.17) is 4.52 Å². The quantitative estimate of drug-likeness (QED) is 0.723. The van der Waals surface area contributed by atoms with Gasteiger partial charge in [0, 0.05) is 43.4 Å². The van der Waals surface area contributed by atoms with Crippen molar-refractivity contribution in [2.75, 3.05) is 13.1 Å². The number of likely N-dealkylation sites (tertiary alicyclic amines) is 1. The maximum atomic E-state index is 14.0. The van der Waals surface area contributed by atoms with E-state index in [1.807, 2.05) is 0 Å². The molecule has 7 nitrogen and oxygen atoms in total. The number of rotatable bonds is 5. The van der Waals surface area contributed by atoms with Gasteiger partial charge in [0.25, 0.3) is 5.91 Å². The molecule has 172 valence electrons. The highest BCUT2D eigenvalue weighted by atomic mass is 19.1. The smallest absolute Gasteiger partial charge is 0.309 e. The summed E-state index contributed by atoms with van der Waals surface area (Å²) in [4.78, 5) is 26.7. The van der Waals surface area contributed by atoms with Crippen LogP contribution in [-0.4, -0.2) is 52.2 Å². The number of aliphatic carboxylic acids is 1. The molecule has 1 aliphatic heterocycles. The lowest BCUT2D eigenvalue weighted by molar-refractivity contribution is -0.145. The largest absolute Gasteiger partial charge is 0.481 e. The molecule has 32 heavy (non-hydrogen) atoms. The van der Waals surface area contributed by atoms with Crippen molar-refractivity contribution in [3.63, 3.8) is 0 Å². The fourth-order valence-electron chi connectivity index (χ4n) is 4.89. The Bertz CT molecular complexity index is 1000. The minimum atomic E-state index is -1.19. The number of carboxylic acids is 1. The number of carbonyl (C=O) groups excluding carboxylic acids is 1. The first-order chi connectivity index (χ1) is 15.2. The van der Waals surface area contributed by atoms with Crippen molar-refractivity contribution < 1.29 is 32.4 Å². The number of nitrogens with zero attached hydrogens (tertiary/aromatic N) is 2. The van der Waals surface area contributed by atoms with Crippen molar-refractivity contribution in [2.45, 2.75) is 44.7 Å². The number of carbonyl (C=O) groups is 2. The zero-order chi connectivity index (χ0) is 23.0. The third-order valence-corrected chi connectivity index (χ3v) is 6.56. The molecule has 2 N–H and O–H groups in total. The van der Waals surface area contributed by atoms with Crippen LogP contribution in [0.5, 0.6) is 0 Å². The Labute approximate surface area is 182 Å². The Hall–Kier alpha value is -2.88. The summed E-state index contributed by atoms with van der Waals surface area (Å²) in [6, 6.07) is 1.77. The topological polar surface area (TPSA) is 95.7 Å². The summed E-state index contributed by atoms with van der Waals surface area (Å²) in [5.74, 6) is -5.82. The van der Waals surface area contributed by atoms with E-state index in [1.54, 1.807) is 0 Å². The summed E-state index contributed by atoms with van der Waals surface area (Å²) < 4.78 is 46.0. The van der Waals surface area contributed by atoms with Crippen molar-refractivity contribution in [2.24, 2.45) is 11.8 Å². The van der Waals surface area contributed by atoms with Crippen LogP contribution < -0.4 is 5.32 Å². The van der Waals surface area contributed by atoms with Crippen LogP contribution in [0.4, 0.5) is 13.2 Å². The van der Waals surface area contributed by atoms with E-state index < -0.39 is 46.9 Å². The Balaban J connectivity index is 1.46. The molecule has 1 aromatic carbocycles. The minimum Gasteiger partial charge on any atom is -0.481 e. The van der Waals surface area contributed by atoms with Crippen LogP contribution in [0.2, 0.25) is 0 Å². The second-order valence-electron chi connectivity index (χ2n) is 8.60. The van der Waals surface area contributed by atoms with E-state index >= 15 is 0 Å². The van der Waals surface area contributed by atoms with E-state index in [0.29, 0.717) is 43.6 Å². The predicted molar refractivity (Wildman–Crippen MR) is 107 cm³/mol. The fraction of sp³-hybridized carbons (Fsp3) is 0.500. The number of aromatic nitrogens is 1. The minimum absolute atomic E-state index is 0.251. The molecule has 2 heterocycles. The fourth-order valence-corrected chi connectivity index (χ4v) is 4.89. The van der Waals surface area contributed by atoms with Crippen molar-refractivity contribution >= 4 is 11.9 Å². The molecule has 1 saturated heterocycles. The average molecular weight is 451 g/mol. The first kappa shape index (κ1) is 22.3. The van der Waals surface area contributed by atoms with E-state index in [2.05, 4.69) is 22.3 Å². The van der Waals surface area contributed by atoms with Crippen LogP contribution in [0.25, 0.3) is 11.3 Å². The molecule has 2 aliphatic rings. The van der Waals surface area contributed by atoms with Crippen LogP contribution in [0, 0.1) is 29.3 Å². The number of amides is 1. The molecular weight excluding hydrogens is 427 g/mol. The van der Waals surface area contributed by atoms with E-state index in [9.17, 15) is 27.9 Å². The van der Waals surface area contributed by atoms with Gasteiger partial charge in [-0.1, -0.05) is 18.5 Å². The van der Waals surface area contributed by atoms with Gasteiger partial charge in [-0.05, 0) is 25.2 Å². The SMILES string of the molecule is C[C@@H]1CCC[C@@H]1N1CC[C@@H](NC(=O)c2cc(-c3c(F)cc(F)cc3F)on2)[C@H](C(=O)O)C1. The predicted octanol–water partition coefficient (Wildman–Crippen LogP) is 3.45. The van der Waals surface area contributed by atoms with Crippen LogP contribution >= 0.6 is 0 Å². The third-order valence-electron chi connectivity index (χ3n) is 6.56. The highest BCUT2D eigenvalue weighted by molar-refractivity contribution is 5.93. The van der Waals surface area contributed by atoms with Gasteiger partial charge in [0.1, 0.15) is 17.5 Å². The molecule has 2 aromatic rings. The van der Waals surface area contributed by atoms with Crippen LogP contribution in [0.3, 0.4) is 0 Å². The van der Waals surface area contributed by atoms with Crippen molar-refractivity contribution in [3.8, 4) is 11.3 Å². The summed E-state index contributed by atoms with van der Waals surface area (Å²) in [6.07, 6.45) is 3.76. The Morgan fingerprint density at radius 2 is 1.88 bits per heavy atom. The van der Waals surface area contributed by atoms with Gasteiger partial charge < -0.3 is 14.9 Å². The van der Waals surface area contributed by atoms with Gasteiger partial charge in [0.05, 0.1) is 11.5 Å². The van der Waals surface area contributed by atoms with E-state index in [0.717, 1.165) is 25.3 Å². The second-order valence-corrected chi connectivity index (χ2v) is 8.60. The number of benzene rings is 1. The van der Waals surface area contributed by atoms with Crippen molar-refractivity contribution in [1.29, 1.82) is 0 Å². The second kappa shape index (κ2) is 8.93. The number of halogens is 3. The first-order valence-electron chi connectivity index (χ1n) is 10.6. The van der Waals surface area contributed by atoms with Gasteiger partial charge >= 0.3 is 5.97 Å².